The molecule has 12 nitrogen and oxygen atoms in total. The normalized spacial score (nSPS) is 13.8. The molecule has 1 unspecified atom stereocenters. The van der Waals surface area contributed by atoms with E-state index in [2.05, 4.69) is 31.4 Å². The third-order valence-electron chi connectivity index (χ3n) is 6.32. The van der Waals surface area contributed by atoms with Crippen molar-refractivity contribution in [1.82, 2.24) is 29.6 Å². The number of nitriles is 1. The predicted molar refractivity (Wildman–Crippen MR) is 145 cm³/mol. The van der Waals surface area contributed by atoms with E-state index >= 15 is 0 Å². The first-order valence-corrected chi connectivity index (χ1v) is 12.7. The second-order valence-corrected chi connectivity index (χ2v) is 9.11. The fourth-order valence-electron chi connectivity index (χ4n) is 4.27. The van der Waals surface area contributed by atoms with Gasteiger partial charge in [0.25, 0.3) is 5.91 Å². The van der Waals surface area contributed by atoms with Gasteiger partial charge in [0.1, 0.15) is 36.3 Å². The zero-order valence-electron chi connectivity index (χ0n) is 22.1. The van der Waals surface area contributed by atoms with Crippen LogP contribution in [0, 0.1) is 11.3 Å². The van der Waals surface area contributed by atoms with Crippen LogP contribution in [-0.4, -0.2) is 75.1 Å². The molecule has 3 heterocycles. The van der Waals surface area contributed by atoms with E-state index in [9.17, 15) is 10.1 Å². The van der Waals surface area contributed by atoms with E-state index in [0.29, 0.717) is 67.1 Å². The van der Waals surface area contributed by atoms with Crippen LogP contribution in [0.2, 0.25) is 0 Å². The van der Waals surface area contributed by atoms with E-state index in [1.165, 1.54) is 6.33 Å². The Kier molecular flexibility index (Phi) is 8.13. The Morgan fingerprint density at radius 1 is 1.12 bits per heavy atom. The molecule has 1 N–H and O–H groups in total. The van der Waals surface area contributed by atoms with Crippen molar-refractivity contribution in [2.24, 2.45) is 0 Å². The highest BCUT2D eigenvalue weighted by Crippen LogP contribution is 2.30. The molecule has 204 valence electrons. The van der Waals surface area contributed by atoms with Crippen molar-refractivity contribution in [3.63, 3.8) is 0 Å². The zero-order valence-corrected chi connectivity index (χ0v) is 22.1. The van der Waals surface area contributed by atoms with Gasteiger partial charge in [0.15, 0.2) is 0 Å². The number of morpholine rings is 1. The van der Waals surface area contributed by atoms with E-state index in [1.54, 1.807) is 65.7 Å². The van der Waals surface area contributed by atoms with E-state index < -0.39 is 0 Å². The van der Waals surface area contributed by atoms with E-state index in [1.807, 2.05) is 13.0 Å². The van der Waals surface area contributed by atoms with Gasteiger partial charge in [0.05, 0.1) is 38.1 Å². The van der Waals surface area contributed by atoms with E-state index in [-0.39, 0.29) is 12.0 Å². The largest absolute Gasteiger partial charge is 0.495 e. The Hall–Kier alpha value is -5.02. The molecule has 1 aliphatic rings. The molecule has 0 radical (unpaired) electrons. The fourth-order valence-corrected chi connectivity index (χ4v) is 4.27. The monoisotopic (exact) mass is 540 g/mol. The molecule has 1 atom stereocenters. The number of hydrogen-bond acceptors (Lipinski definition) is 10. The van der Waals surface area contributed by atoms with Crippen LogP contribution in [0.1, 0.15) is 22.8 Å². The molecule has 1 fully saturated rings. The average Bonchev–Trinajstić information content (AvgIpc) is 3.50. The molecule has 1 aliphatic heterocycles. The van der Waals surface area contributed by atoms with Gasteiger partial charge in [-0.25, -0.2) is 19.6 Å². The number of benzene rings is 2. The van der Waals surface area contributed by atoms with Gasteiger partial charge < -0.3 is 24.4 Å². The van der Waals surface area contributed by atoms with Gasteiger partial charge >= 0.3 is 0 Å². The van der Waals surface area contributed by atoms with Gasteiger partial charge in [-0.05, 0) is 42.8 Å². The number of ether oxygens (including phenoxy) is 3. The van der Waals surface area contributed by atoms with Crippen molar-refractivity contribution in [2.45, 2.75) is 19.6 Å². The number of anilines is 2. The molecular formula is C28H28N8O4. The minimum absolute atomic E-state index is 0.0627. The first-order chi connectivity index (χ1) is 19.5. The van der Waals surface area contributed by atoms with Crippen LogP contribution in [0.5, 0.6) is 11.5 Å². The third-order valence-corrected chi connectivity index (χ3v) is 6.32. The maximum atomic E-state index is 12.8. The lowest BCUT2D eigenvalue weighted by Crippen LogP contribution is -2.40. The lowest BCUT2D eigenvalue weighted by molar-refractivity contribution is 0.0302. The highest BCUT2D eigenvalue weighted by Gasteiger charge is 2.20. The number of carbonyl (C=O) groups is 1. The van der Waals surface area contributed by atoms with Gasteiger partial charge in [-0.2, -0.15) is 10.4 Å². The van der Waals surface area contributed by atoms with Crippen molar-refractivity contribution < 1.29 is 19.0 Å². The topological polar surface area (TPSA) is 140 Å². The summed E-state index contributed by atoms with van der Waals surface area (Å²) in [5.41, 5.74) is 3.15. The number of carbonyl (C=O) groups excluding carboxylic acids is 1. The van der Waals surface area contributed by atoms with Gasteiger partial charge in [-0.1, -0.05) is 6.07 Å². The summed E-state index contributed by atoms with van der Waals surface area (Å²) in [4.78, 5) is 27.4. The third kappa shape index (κ3) is 6.16. The first-order valence-electron chi connectivity index (χ1n) is 12.7. The molecule has 0 aliphatic carbocycles. The smallest absolute Gasteiger partial charge is 0.254 e. The predicted octanol–water partition coefficient (Wildman–Crippen LogP) is 3.30. The highest BCUT2D eigenvalue weighted by atomic mass is 16.5. The Balaban J connectivity index is 1.29. The average molecular weight is 541 g/mol. The standard InChI is InChI=1S/C28H28N8O4/c1-19(16-36-18-30-17-33-36)40-25-11-20(3-4-22(25)13-29)23-14-31-28(32-15-23)34-24-6-5-21(12-26(24)38-2)27(37)35-7-9-39-10-8-35/h3-6,11-12,14-15,17-19H,7-10,16H2,1-2H3,(H,31,32,34). The van der Waals surface area contributed by atoms with Crippen molar-refractivity contribution in [3.05, 3.63) is 72.6 Å². The lowest BCUT2D eigenvalue weighted by Gasteiger charge is -2.27. The highest BCUT2D eigenvalue weighted by molar-refractivity contribution is 5.95. The summed E-state index contributed by atoms with van der Waals surface area (Å²) in [6.07, 6.45) is 6.20. The number of methoxy groups -OCH3 is 1. The molecule has 1 saturated heterocycles. The second kappa shape index (κ2) is 12.2. The maximum Gasteiger partial charge on any atom is 0.254 e. The first kappa shape index (κ1) is 26.6. The van der Waals surface area contributed by atoms with Crippen LogP contribution < -0.4 is 14.8 Å². The van der Waals surface area contributed by atoms with Crippen LogP contribution in [0.4, 0.5) is 11.6 Å². The minimum atomic E-state index is -0.239. The molecule has 0 bridgehead atoms. The number of aromatic nitrogens is 5. The molecule has 1 amide bonds. The van der Waals surface area contributed by atoms with Crippen LogP contribution in [0.3, 0.4) is 0 Å². The summed E-state index contributed by atoms with van der Waals surface area (Å²) in [6.45, 7) is 4.60. The summed E-state index contributed by atoms with van der Waals surface area (Å²) >= 11 is 0. The quantitative estimate of drug-likeness (QED) is 0.336. The van der Waals surface area contributed by atoms with Crippen LogP contribution in [0.15, 0.2) is 61.4 Å². The Labute approximate surface area is 231 Å². The Bertz CT molecular complexity index is 1500. The van der Waals surface area contributed by atoms with E-state index in [0.717, 1.165) is 11.1 Å². The summed E-state index contributed by atoms with van der Waals surface area (Å²) < 4.78 is 18.6. The van der Waals surface area contributed by atoms with Crippen LogP contribution in [-0.2, 0) is 11.3 Å². The zero-order chi connectivity index (χ0) is 27.9. The number of hydrogen-bond donors (Lipinski definition) is 1. The number of nitrogens with zero attached hydrogens (tertiary/aromatic N) is 7. The van der Waals surface area contributed by atoms with Crippen LogP contribution in [0.25, 0.3) is 11.1 Å². The fraction of sp³-hybridized carbons (Fsp3) is 0.286. The molecule has 0 saturated carbocycles. The van der Waals surface area contributed by atoms with Crippen LogP contribution >= 0.6 is 0 Å². The Morgan fingerprint density at radius 2 is 1.93 bits per heavy atom. The van der Waals surface area contributed by atoms with Gasteiger partial charge in [-0.15, -0.1) is 0 Å². The van der Waals surface area contributed by atoms with Gasteiger partial charge in [0, 0.05) is 36.6 Å². The minimum Gasteiger partial charge on any atom is -0.495 e. The number of nitrogens with one attached hydrogen (secondary N) is 1. The molecular weight excluding hydrogens is 512 g/mol. The summed E-state index contributed by atoms with van der Waals surface area (Å²) in [6, 6.07) is 12.7. The second-order valence-electron chi connectivity index (χ2n) is 9.11. The molecule has 2 aromatic heterocycles. The van der Waals surface area contributed by atoms with Crippen molar-refractivity contribution >= 4 is 17.5 Å². The lowest BCUT2D eigenvalue weighted by atomic mass is 10.1. The van der Waals surface area contributed by atoms with Crippen molar-refractivity contribution in [1.29, 1.82) is 5.26 Å². The van der Waals surface area contributed by atoms with Crippen molar-refractivity contribution in [2.75, 3.05) is 38.7 Å². The van der Waals surface area contributed by atoms with Crippen molar-refractivity contribution in [3.8, 4) is 28.7 Å². The van der Waals surface area contributed by atoms with Gasteiger partial charge in [0.2, 0.25) is 5.95 Å². The summed E-state index contributed by atoms with van der Waals surface area (Å²) in [5.74, 6) is 1.26. The molecule has 12 heteroatoms. The number of rotatable bonds is 9. The SMILES string of the molecule is COc1cc(C(=O)N2CCOCC2)ccc1Nc1ncc(-c2ccc(C#N)c(OC(C)Cn3cncn3)c2)cn1. The number of amides is 1. The molecule has 5 rings (SSSR count). The molecule has 2 aromatic carbocycles. The van der Waals surface area contributed by atoms with E-state index in [4.69, 9.17) is 14.2 Å². The van der Waals surface area contributed by atoms with Gasteiger partial charge in [-0.3, -0.25) is 4.79 Å². The molecule has 40 heavy (non-hydrogen) atoms. The Morgan fingerprint density at radius 3 is 2.62 bits per heavy atom. The summed E-state index contributed by atoms with van der Waals surface area (Å²) in [5, 5.41) is 16.8. The summed E-state index contributed by atoms with van der Waals surface area (Å²) in [7, 11) is 1.55. The molecule has 4 aromatic rings. The molecule has 0 spiro atoms. The maximum absolute atomic E-state index is 12.8.